The maximum absolute atomic E-state index is 9.51. The molecule has 0 saturated heterocycles. The van der Waals surface area contributed by atoms with Gasteiger partial charge in [0.15, 0.2) is 0 Å². The van der Waals surface area contributed by atoms with E-state index in [0.29, 0.717) is 12.2 Å². The van der Waals surface area contributed by atoms with Crippen molar-refractivity contribution in [1.82, 2.24) is 4.98 Å². The molecule has 120 valence electrons. The topological polar surface area (TPSA) is 45.9 Å². The zero-order valence-corrected chi connectivity index (χ0v) is 14.9. The molecule has 2 aromatic heterocycles. The first-order chi connectivity index (χ1) is 11.8. The molecule has 5 heteroatoms. The molecule has 0 spiro atoms. The van der Waals surface area contributed by atoms with Gasteiger partial charge in [0, 0.05) is 5.38 Å². The minimum atomic E-state index is 0.565. The van der Waals surface area contributed by atoms with Crippen LogP contribution in [0.4, 0.5) is 0 Å². The van der Waals surface area contributed by atoms with Gasteiger partial charge in [-0.15, -0.1) is 22.7 Å². The van der Waals surface area contributed by atoms with Crippen LogP contribution >= 0.6 is 22.7 Å². The number of ether oxygens (including phenoxy) is 1. The Labute approximate surface area is 149 Å². The standard InChI is InChI=1S/C19H16N2OS2/c1-2-8-22-16-6-3-5-14(11-16)10-15(12-20)19-21-17(13-24-19)18-7-4-9-23-18/h3-7,9-11,13H,2,8H2,1H3/b15-10-. The van der Waals surface area contributed by atoms with E-state index in [1.165, 1.54) is 11.3 Å². The van der Waals surface area contributed by atoms with Crippen LogP contribution < -0.4 is 4.74 Å². The lowest BCUT2D eigenvalue weighted by molar-refractivity contribution is 0.317. The fourth-order valence-electron chi connectivity index (χ4n) is 2.16. The summed E-state index contributed by atoms with van der Waals surface area (Å²) in [5.41, 5.74) is 2.43. The Hall–Kier alpha value is -2.42. The average Bonchev–Trinajstić information content (AvgIpc) is 3.29. The van der Waals surface area contributed by atoms with Gasteiger partial charge in [0.1, 0.15) is 16.8 Å². The normalized spacial score (nSPS) is 11.2. The Morgan fingerprint density at radius 2 is 2.21 bits per heavy atom. The number of hydrogen-bond acceptors (Lipinski definition) is 5. The van der Waals surface area contributed by atoms with Gasteiger partial charge in [0.05, 0.1) is 22.8 Å². The fourth-order valence-corrected chi connectivity index (χ4v) is 3.70. The van der Waals surface area contributed by atoms with E-state index < -0.39 is 0 Å². The molecule has 0 atom stereocenters. The van der Waals surface area contributed by atoms with Crippen LogP contribution in [0.25, 0.3) is 22.2 Å². The SMILES string of the molecule is CCCOc1cccc(/C=C(/C#N)c2nc(-c3cccs3)cs2)c1. The third-order valence-electron chi connectivity index (χ3n) is 3.27. The van der Waals surface area contributed by atoms with Crippen molar-refractivity contribution in [2.24, 2.45) is 0 Å². The lowest BCUT2D eigenvalue weighted by atomic mass is 10.1. The molecular formula is C19H16N2OS2. The summed E-state index contributed by atoms with van der Waals surface area (Å²) in [6.07, 6.45) is 2.82. The van der Waals surface area contributed by atoms with Crippen LogP contribution in [0.5, 0.6) is 5.75 Å². The van der Waals surface area contributed by atoms with Crippen LogP contribution in [-0.4, -0.2) is 11.6 Å². The number of hydrogen-bond donors (Lipinski definition) is 0. The summed E-state index contributed by atoms with van der Waals surface area (Å²) in [4.78, 5) is 5.71. The molecule has 3 rings (SSSR count). The summed E-state index contributed by atoms with van der Waals surface area (Å²) < 4.78 is 5.65. The van der Waals surface area contributed by atoms with Gasteiger partial charge >= 0.3 is 0 Å². The van der Waals surface area contributed by atoms with E-state index in [0.717, 1.165) is 33.3 Å². The third-order valence-corrected chi connectivity index (χ3v) is 5.04. The van der Waals surface area contributed by atoms with Gasteiger partial charge in [-0.3, -0.25) is 0 Å². The monoisotopic (exact) mass is 352 g/mol. The highest BCUT2D eigenvalue weighted by Gasteiger charge is 2.09. The lowest BCUT2D eigenvalue weighted by Crippen LogP contribution is -1.94. The molecule has 0 unspecified atom stereocenters. The summed E-state index contributed by atoms with van der Waals surface area (Å²) in [6.45, 7) is 2.76. The Balaban J connectivity index is 1.86. The number of thiazole rings is 1. The predicted octanol–water partition coefficient (Wildman–Crippen LogP) is 5.72. The quantitative estimate of drug-likeness (QED) is 0.533. The Morgan fingerprint density at radius 1 is 1.29 bits per heavy atom. The van der Waals surface area contributed by atoms with E-state index in [-0.39, 0.29) is 0 Å². The van der Waals surface area contributed by atoms with Crippen molar-refractivity contribution in [3.8, 4) is 22.4 Å². The van der Waals surface area contributed by atoms with E-state index >= 15 is 0 Å². The van der Waals surface area contributed by atoms with Crippen molar-refractivity contribution >= 4 is 34.3 Å². The highest BCUT2D eigenvalue weighted by molar-refractivity contribution is 7.14. The largest absolute Gasteiger partial charge is 0.494 e. The van der Waals surface area contributed by atoms with Gasteiger partial charge < -0.3 is 4.74 Å². The summed E-state index contributed by atoms with van der Waals surface area (Å²) in [5.74, 6) is 0.821. The van der Waals surface area contributed by atoms with Gasteiger partial charge in [0.25, 0.3) is 0 Å². The number of nitrogens with zero attached hydrogens (tertiary/aromatic N) is 2. The number of nitriles is 1. The minimum Gasteiger partial charge on any atom is -0.494 e. The van der Waals surface area contributed by atoms with Crippen LogP contribution in [0.1, 0.15) is 23.9 Å². The van der Waals surface area contributed by atoms with Gasteiger partial charge in [-0.25, -0.2) is 4.98 Å². The maximum Gasteiger partial charge on any atom is 0.134 e. The molecule has 0 aliphatic heterocycles. The number of rotatable bonds is 6. The summed E-state index contributed by atoms with van der Waals surface area (Å²) in [6, 6.07) is 14.1. The molecule has 0 N–H and O–H groups in total. The second-order valence-corrected chi connectivity index (χ2v) is 6.91. The van der Waals surface area contributed by atoms with E-state index in [1.54, 1.807) is 11.3 Å². The molecule has 1 aromatic carbocycles. The van der Waals surface area contributed by atoms with E-state index in [9.17, 15) is 5.26 Å². The first-order valence-electron chi connectivity index (χ1n) is 7.64. The van der Waals surface area contributed by atoms with Crippen LogP contribution in [0.2, 0.25) is 0 Å². The molecule has 0 saturated carbocycles. The van der Waals surface area contributed by atoms with Crippen molar-refractivity contribution in [3.63, 3.8) is 0 Å². The summed E-state index contributed by atoms with van der Waals surface area (Å²) >= 11 is 3.14. The van der Waals surface area contributed by atoms with Crippen LogP contribution in [0, 0.1) is 11.3 Å². The number of benzene rings is 1. The fraction of sp³-hybridized carbons (Fsp3) is 0.158. The first-order valence-corrected chi connectivity index (χ1v) is 9.40. The van der Waals surface area contributed by atoms with Crippen molar-refractivity contribution in [1.29, 1.82) is 5.26 Å². The van der Waals surface area contributed by atoms with E-state index in [2.05, 4.69) is 18.0 Å². The molecule has 0 amide bonds. The lowest BCUT2D eigenvalue weighted by Gasteiger charge is -2.05. The minimum absolute atomic E-state index is 0.565. The van der Waals surface area contributed by atoms with Crippen molar-refractivity contribution in [3.05, 3.63) is 57.7 Å². The molecule has 0 aliphatic carbocycles. The van der Waals surface area contributed by atoms with Crippen molar-refractivity contribution in [2.45, 2.75) is 13.3 Å². The molecule has 24 heavy (non-hydrogen) atoms. The number of thiophene rings is 1. The van der Waals surface area contributed by atoms with Gasteiger partial charge in [0.2, 0.25) is 0 Å². The number of allylic oxidation sites excluding steroid dienone is 1. The highest BCUT2D eigenvalue weighted by Crippen LogP contribution is 2.30. The average molecular weight is 352 g/mol. The van der Waals surface area contributed by atoms with Crippen molar-refractivity contribution in [2.75, 3.05) is 6.61 Å². The summed E-state index contributed by atoms with van der Waals surface area (Å²) in [7, 11) is 0. The molecule has 3 nitrogen and oxygen atoms in total. The third kappa shape index (κ3) is 3.91. The van der Waals surface area contributed by atoms with Gasteiger partial charge in [-0.2, -0.15) is 5.26 Å². The van der Waals surface area contributed by atoms with Gasteiger partial charge in [-0.1, -0.05) is 25.1 Å². The first kappa shape index (κ1) is 16.4. The Bertz CT molecular complexity index is 873. The second-order valence-electron chi connectivity index (χ2n) is 5.11. The molecule has 0 fully saturated rings. The molecular weight excluding hydrogens is 336 g/mol. The van der Waals surface area contributed by atoms with Crippen molar-refractivity contribution < 1.29 is 4.74 Å². The summed E-state index contributed by atoms with van der Waals surface area (Å²) in [5, 5.41) is 14.3. The number of aromatic nitrogens is 1. The molecule has 3 aromatic rings. The van der Waals surface area contributed by atoms with Crippen LogP contribution in [-0.2, 0) is 0 Å². The van der Waals surface area contributed by atoms with E-state index in [1.807, 2.05) is 53.2 Å². The zero-order chi connectivity index (χ0) is 16.8. The van der Waals surface area contributed by atoms with Gasteiger partial charge in [-0.05, 0) is 41.6 Å². The molecule has 0 bridgehead atoms. The van der Waals surface area contributed by atoms with E-state index in [4.69, 9.17) is 4.74 Å². The van der Waals surface area contributed by atoms with Crippen LogP contribution in [0.15, 0.2) is 47.2 Å². The maximum atomic E-state index is 9.51. The zero-order valence-electron chi connectivity index (χ0n) is 13.2. The smallest absolute Gasteiger partial charge is 0.134 e. The molecule has 0 aliphatic rings. The molecule has 0 radical (unpaired) electrons. The molecule has 2 heterocycles. The Morgan fingerprint density at radius 3 is 2.96 bits per heavy atom. The Kier molecular flexibility index (Phi) is 5.42. The van der Waals surface area contributed by atoms with Crippen LogP contribution in [0.3, 0.4) is 0 Å². The highest BCUT2D eigenvalue weighted by atomic mass is 32.1. The second kappa shape index (κ2) is 7.91. The predicted molar refractivity (Wildman–Crippen MR) is 101 cm³/mol.